The van der Waals surface area contributed by atoms with Gasteiger partial charge in [0.05, 0.1) is 12.2 Å². The highest BCUT2D eigenvalue weighted by atomic mass is 16.6. The predicted octanol–water partition coefficient (Wildman–Crippen LogP) is 2.88. The van der Waals surface area contributed by atoms with E-state index in [2.05, 4.69) is 5.32 Å². The van der Waals surface area contributed by atoms with Crippen molar-refractivity contribution in [2.75, 3.05) is 13.2 Å². The number of allylic oxidation sites excluding steroid dienone is 1. The Morgan fingerprint density at radius 2 is 1.82 bits per heavy atom. The van der Waals surface area contributed by atoms with E-state index in [0.717, 1.165) is 0 Å². The summed E-state index contributed by atoms with van der Waals surface area (Å²) in [7, 11) is 0. The summed E-state index contributed by atoms with van der Waals surface area (Å²) in [6, 6.07) is 0. The van der Waals surface area contributed by atoms with E-state index in [1.807, 2.05) is 53.7 Å². The summed E-state index contributed by atoms with van der Waals surface area (Å²) in [5, 5.41) is 2.64. The molecule has 1 amide bonds. The Hall–Kier alpha value is -1.03. The molecule has 1 N–H and O–H groups in total. The molecule has 0 aliphatic heterocycles. The monoisotopic (exact) mass is 243 g/mol. The Morgan fingerprint density at radius 3 is 2.29 bits per heavy atom. The standard InChI is InChI=1S/C13H25NO3/c1-7-8-13(5,6)16-10-9-14-11(15)17-12(2,3)4/h7-8H,9-10H2,1-6H3,(H,14,15)/b8-7+. The lowest BCUT2D eigenvalue weighted by atomic mass is 10.1. The maximum atomic E-state index is 11.3. The highest BCUT2D eigenvalue weighted by molar-refractivity contribution is 5.67. The van der Waals surface area contributed by atoms with E-state index >= 15 is 0 Å². The van der Waals surface area contributed by atoms with Gasteiger partial charge < -0.3 is 14.8 Å². The van der Waals surface area contributed by atoms with Crippen LogP contribution in [0.1, 0.15) is 41.5 Å². The first-order valence-electron chi connectivity index (χ1n) is 5.91. The third kappa shape index (κ3) is 9.87. The van der Waals surface area contributed by atoms with E-state index in [1.165, 1.54) is 0 Å². The quantitative estimate of drug-likeness (QED) is 0.596. The minimum Gasteiger partial charge on any atom is -0.444 e. The molecule has 0 saturated heterocycles. The number of nitrogens with one attached hydrogen (secondary N) is 1. The Kier molecular flexibility index (Phi) is 6.24. The fourth-order valence-electron chi connectivity index (χ4n) is 1.23. The van der Waals surface area contributed by atoms with Crippen LogP contribution in [0.4, 0.5) is 4.79 Å². The van der Waals surface area contributed by atoms with E-state index in [9.17, 15) is 4.79 Å². The van der Waals surface area contributed by atoms with E-state index in [4.69, 9.17) is 9.47 Å². The van der Waals surface area contributed by atoms with Gasteiger partial charge in [0.1, 0.15) is 5.60 Å². The third-order valence-corrected chi connectivity index (χ3v) is 1.81. The van der Waals surface area contributed by atoms with Gasteiger partial charge in [-0.25, -0.2) is 4.79 Å². The maximum absolute atomic E-state index is 11.3. The van der Waals surface area contributed by atoms with Gasteiger partial charge in [-0.3, -0.25) is 0 Å². The lowest BCUT2D eigenvalue weighted by molar-refractivity contribution is 0.0168. The van der Waals surface area contributed by atoms with Crippen LogP contribution >= 0.6 is 0 Å². The number of alkyl carbamates (subject to hydrolysis) is 1. The van der Waals surface area contributed by atoms with Gasteiger partial charge in [-0.1, -0.05) is 12.2 Å². The molecule has 4 nitrogen and oxygen atoms in total. The molecule has 0 aliphatic carbocycles. The molecule has 17 heavy (non-hydrogen) atoms. The SMILES string of the molecule is C/C=C/C(C)(C)OCCNC(=O)OC(C)(C)C. The molecular formula is C13H25NO3. The van der Waals surface area contributed by atoms with Crippen molar-refractivity contribution in [1.82, 2.24) is 5.32 Å². The van der Waals surface area contributed by atoms with Crippen molar-refractivity contribution < 1.29 is 14.3 Å². The number of rotatable bonds is 5. The van der Waals surface area contributed by atoms with Gasteiger partial charge in [-0.15, -0.1) is 0 Å². The minimum atomic E-state index is -0.463. The van der Waals surface area contributed by atoms with Crippen LogP contribution in [0.5, 0.6) is 0 Å². The second kappa shape index (κ2) is 6.64. The summed E-state index contributed by atoms with van der Waals surface area (Å²) in [6.07, 6.45) is 3.51. The van der Waals surface area contributed by atoms with Crippen LogP contribution in [0.15, 0.2) is 12.2 Å². The Bertz CT molecular complexity index is 264. The molecule has 4 heteroatoms. The summed E-state index contributed by atoms with van der Waals surface area (Å²) >= 11 is 0. The highest BCUT2D eigenvalue weighted by Gasteiger charge is 2.16. The molecule has 0 aliphatic rings. The molecule has 0 heterocycles. The number of carbonyl (C=O) groups is 1. The highest BCUT2D eigenvalue weighted by Crippen LogP contribution is 2.10. The molecular weight excluding hydrogens is 218 g/mol. The van der Waals surface area contributed by atoms with Gasteiger partial charge >= 0.3 is 6.09 Å². The molecule has 0 rings (SSSR count). The zero-order valence-corrected chi connectivity index (χ0v) is 11.8. The van der Waals surface area contributed by atoms with Crippen molar-refractivity contribution in [3.8, 4) is 0 Å². The van der Waals surface area contributed by atoms with Crippen LogP contribution in [0.3, 0.4) is 0 Å². The number of ether oxygens (including phenoxy) is 2. The van der Waals surface area contributed by atoms with Crippen LogP contribution in [0.25, 0.3) is 0 Å². The van der Waals surface area contributed by atoms with Crippen molar-refractivity contribution in [2.45, 2.75) is 52.7 Å². The van der Waals surface area contributed by atoms with Crippen LogP contribution in [-0.4, -0.2) is 30.4 Å². The predicted molar refractivity (Wildman–Crippen MR) is 69.1 cm³/mol. The lowest BCUT2D eigenvalue weighted by Crippen LogP contribution is -2.35. The van der Waals surface area contributed by atoms with E-state index < -0.39 is 11.7 Å². The van der Waals surface area contributed by atoms with Gasteiger partial charge in [0.25, 0.3) is 0 Å². The Morgan fingerprint density at radius 1 is 1.24 bits per heavy atom. The fraction of sp³-hybridized carbons (Fsp3) is 0.769. The van der Waals surface area contributed by atoms with Crippen LogP contribution in [0, 0.1) is 0 Å². The van der Waals surface area contributed by atoms with Crippen molar-refractivity contribution in [1.29, 1.82) is 0 Å². The number of hydrogen-bond donors (Lipinski definition) is 1. The maximum Gasteiger partial charge on any atom is 0.407 e. The van der Waals surface area contributed by atoms with Gasteiger partial charge in [0.2, 0.25) is 0 Å². The zero-order valence-electron chi connectivity index (χ0n) is 11.8. The summed E-state index contributed by atoms with van der Waals surface area (Å²) in [5.74, 6) is 0. The van der Waals surface area contributed by atoms with Crippen molar-refractivity contribution >= 4 is 6.09 Å². The summed E-state index contributed by atoms with van der Waals surface area (Å²) in [5.41, 5.74) is -0.764. The first-order valence-corrected chi connectivity index (χ1v) is 5.91. The Labute approximate surface area is 104 Å². The molecule has 0 saturated carbocycles. The van der Waals surface area contributed by atoms with Gasteiger partial charge in [-0.05, 0) is 41.5 Å². The largest absolute Gasteiger partial charge is 0.444 e. The second-order valence-electron chi connectivity index (χ2n) is 5.38. The van der Waals surface area contributed by atoms with E-state index in [1.54, 1.807) is 0 Å². The molecule has 0 atom stereocenters. The smallest absolute Gasteiger partial charge is 0.407 e. The summed E-state index contributed by atoms with van der Waals surface area (Å²) in [6.45, 7) is 12.3. The van der Waals surface area contributed by atoms with Crippen molar-refractivity contribution in [2.24, 2.45) is 0 Å². The van der Waals surface area contributed by atoms with Crippen LogP contribution in [-0.2, 0) is 9.47 Å². The van der Waals surface area contributed by atoms with Gasteiger partial charge in [0, 0.05) is 6.54 Å². The third-order valence-electron chi connectivity index (χ3n) is 1.81. The average Bonchev–Trinajstić information content (AvgIpc) is 2.09. The van der Waals surface area contributed by atoms with Crippen LogP contribution < -0.4 is 5.32 Å². The molecule has 100 valence electrons. The molecule has 0 aromatic rings. The minimum absolute atomic E-state index is 0.301. The van der Waals surface area contributed by atoms with Crippen LogP contribution in [0.2, 0.25) is 0 Å². The van der Waals surface area contributed by atoms with Gasteiger partial charge in [-0.2, -0.15) is 0 Å². The molecule has 0 bridgehead atoms. The summed E-state index contributed by atoms with van der Waals surface area (Å²) < 4.78 is 10.7. The van der Waals surface area contributed by atoms with Crippen molar-refractivity contribution in [3.05, 3.63) is 12.2 Å². The zero-order chi connectivity index (χ0) is 13.5. The first kappa shape index (κ1) is 16.0. The molecule has 0 radical (unpaired) electrons. The average molecular weight is 243 g/mol. The summed E-state index contributed by atoms with van der Waals surface area (Å²) in [4.78, 5) is 11.3. The van der Waals surface area contributed by atoms with Crippen molar-refractivity contribution in [3.63, 3.8) is 0 Å². The van der Waals surface area contributed by atoms with Gasteiger partial charge in [0.15, 0.2) is 0 Å². The lowest BCUT2D eigenvalue weighted by Gasteiger charge is -2.22. The second-order valence-corrected chi connectivity index (χ2v) is 5.38. The number of amides is 1. The fourth-order valence-corrected chi connectivity index (χ4v) is 1.23. The first-order chi connectivity index (χ1) is 7.66. The number of carbonyl (C=O) groups excluding carboxylic acids is 1. The molecule has 0 aromatic carbocycles. The Balaban J connectivity index is 3.75. The van der Waals surface area contributed by atoms with E-state index in [-0.39, 0.29) is 5.60 Å². The molecule has 0 spiro atoms. The molecule has 0 aromatic heterocycles. The van der Waals surface area contributed by atoms with E-state index in [0.29, 0.717) is 13.2 Å². The normalized spacial score (nSPS) is 12.8. The number of hydrogen-bond acceptors (Lipinski definition) is 3. The molecule has 0 fully saturated rings. The topological polar surface area (TPSA) is 47.6 Å². The molecule has 0 unspecified atom stereocenters.